The molecule has 1 fully saturated rings. The number of hydrogen-bond donors (Lipinski definition) is 1. The van der Waals surface area contributed by atoms with Gasteiger partial charge >= 0.3 is 6.09 Å². The maximum Gasteiger partial charge on any atom is 0.408 e. The highest BCUT2D eigenvalue weighted by atomic mass is 28.3. The maximum atomic E-state index is 13.5. The fourth-order valence-electron chi connectivity index (χ4n) is 2.74. The number of hydrogen-bond acceptors (Lipinski definition) is 4. The number of rotatable bonds is 4. The molecule has 0 bridgehead atoms. The van der Waals surface area contributed by atoms with E-state index in [1.165, 1.54) is 0 Å². The molecule has 136 valence electrons. The molecular formula is C15H26F2N4O2Si. The van der Waals surface area contributed by atoms with Crippen LogP contribution in [0.3, 0.4) is 0 Å². The summed E-state index contributed by atoms with van der Waals surface area (Å²) in [6.07, 6.45) is 0.678. The van der Waals surface area contributed by atoms with Gasteiger partial charge in [-0.1, -0.05) is 24.9 Å². The minimum Gasteiger partial charge on any atom is -0.444 e. The first-order valence-corrected chi connectivity index (χ1v) is 11.7. The first kappa shape index (κ1) is 18.8. The molecule has 1 saturated carbocycles. The second-order valence-electron chi connectivity index (χ2n) is 8.78. The number of aromatic nitrogens is 3. The Morgan fingerprint density at radius 2 is 1.96 bits per heavy atom. The monoisotopic (exact) mass is 360 g/mol. The number of nitrogens with one attached hydrogen (secondary N) is 1. The standard InChI is InChI=1S/C15H26F2N4O2Si/c1-13(2,3)23-12(22)18-14(8-15(16,17)9-14)11-7-21(20-19-11)10-24(4,5)6/h7H,8-10H2,1-6H3,(H,18,22). The Hall–Kier alpha value is -1.51. The highest BCUT2D eigenvalue weighted by molar-refractivity contribution is 6.74. The first-order valence-electron chi connectivity index (χ1n) is 7.99. The van der Waals surface area contributed by atoms with Gasteiger partial charge in [-0.2, -0.15) is 0 Å². The van der Waals surface area contributed by atoms with Gasteiger partial charge in [0.25, 0.3) is 5.92 Å². The fraction of sp³-hybridized carbons (Fsp3) is 0.800. The Kier molecular flexibility index (Phi) is 4.54. The molecule has 0 spiro atoms. The van der Waals surface area contributed by atoms with Gasteiger partial charge in [0.15, 0.2) is 0 Å². The van der Waals surface area contributed by atoms with E-state index in [-0.39, 0.29) is 0 Å². The topological polar surface area (TPSA) is 69.0 Å². The van der Waals surface area contributed by atoms with E-state index in [1.54, 1.807) is 31.6 Å². The molecule has 0 saturated heterocycles. The van der Waals surface area contributed by atoms with Crippen LogP contribution in [-0.2, 0) is 16.4 Å². The normalized spacial score (nSPS) is 19.5. The molecule has 0 aromatic carbocycles. The Morgan fingerprint density at radius 3 is 2.42 bits per heavy atom. The fourth-order valence-corrected chi connectivity index (χ4v) is 3.87. The van der Waals surface area contributed by atoms with Gasteiger partial charge in [-0.05, 0) is 20.8 Å². The van der Waals surface area contributed by atoms with Crippen LogP contribution in [0.5, 0.6) is 0 Å². The third-order valence-corrected chi connectivity index (χ3v) is 4.80. The summed E-state index contributed by atoms with van der Waals surface area (Å²) >= 11 is 0. The van der Waals surface area contributed by atoms with E-state index in [2.05, 4.69) is 35.3 Å². The van der Waals surface area contributed by atoms with Gasteiger partial charge in [-0.15, -0.1) is 5.10 Å². The summed E-state index contributed by atoms with van der Waals surface area (Å²) in [5.74, 6) is -2.82. The predicted octanol–water partition coefficient (Wildman–Crippen LogP) is 3.30. The van der Waals surface area contributed by atoms with Crippen molar-refractivity contribution in [3.05, 3.63) is 11.9 Å². The van der Waals surface area contributed by atoms with Crippen molar-refractivity contribution in [1.82, 2.24) is 20.3 Å². The molecule has 1 aromatic heterocycles. The van der Waals surface area contributed by atoms with Crippen molar-refractivity contribution in [2.45, 2.75) is 76.5 Å². The Balaban J connectivity index is 2.19. The van der Waals surface area contributed by atoms with Crippen LogP contribution < -0.4 is 5.32 Å². The third-order valence-electron chi connectivity index (χ3n) is 3.53. The second kappa shape index (κ2) is 5.78. The summed E-state index contributed by atoms with van der Waals surface area (Å²) < 4.78 is 34.0. The molecule has 0 unspecified atom stereocenters. The number of ether oxygens (including phenoxy) is 1. The lowest BCUT2D eigenvalue weighted by atomic mass is 9.71. The van der Waals surface area contributed by atoms with Gasteiger partial charge in [-0.3, -0.25) is 4.68 Å². The molecule has 1 heterocycles. The van der Waals surface area contributed by atoms with E-state index in [0.29, 0.717) is 5.69 Å². The lowest BCUT2D eigenvalue weighted by Crippen LogP contribution is -2.60. The van der Waals surface area contributed by atoms with Crippen LogP contribution in [0.2, 0.25) is 19.6 Å². The van der Waals surface area contributed by atoms with E-state index in [1.807, 2.05) is 0 Å². The van der Waals surface area contributed by atoms with Gasteiger partial charge in [0.05, 0.1) is 14.3 Å². The molecular weight excluding hydrogens is 334 g/mol. The van der Waals surface area contributed by atoms with Crippen LogP contribution in [0.4, 0.5) is 13.6 Å². The quantitative estimate of drug-likeness (QED) is 0.837. The molecule has 1 amide bonds. The molecule has 0 atom stereocenters. The Bertz CT molecular complexity index is 612. The van der Waals surface area contributed by atoms with E-state index in [4.69, 9.17) is 4.74 Å². The summed E-state index contributed by atoms with van der Waals surface area (Å²) in [5, 5.41) is 10.7. The number of nitrogens with zero attached hydrogens (tertiary/aromatic N) is 3. The van der Waals surface area contributed by atoms with Crippen LogP contribution >= 0.6 is 0 Å². The highest BCUT2D eigenvalue weighted by Crippen LogP contribution is 2.51. The van der Waals surface area contributed by atoms with E-state index in [0.717, 1.165) is 6.17 Å². The Morgan fingerprint density at radius 1 is 1.38 bits per heavy atom. The molecule has 1 aliphatic rings. The minimum absolute atomic E-state index is 0.359. The van der Waals surface area contributed by atoms with Crippen LogP contribution in [-0.4, -0.2) is 40.7 Å². The van der Waals surface area contributed by atoms with E-state index < -0.39 is 44.1 Å². The summed E-state index contributed by atoms with van der Waals surface area (Å²) in [6.45, 7) is 11.7. The van der Waals surface area contributed by atoms with Crippen molar-refractivity contribution < 1.29 is 18.3 Å². The number of halogens is 2. The van der Waals surface area contributed by atoms with Crippen LogP contribution in [0, 0.1) is 0 Å². The average Bonchev–Trinajstić information content (AvgIpc) is 2.69. The minimum atomic E-state index is -2.82. The zero-order chi connectivity index (χ0) is 18.4. The molecule has 0 radical (unpaired) electrons. The molecule has 2 rings (SSSR count). The number of carbonyl (C=O) groups is 1. The van der Waals surface area contributed by atoms with Crippen LogP contribution in [0.15, 0.2) is 6.20 Å². The molecule has 1 aromatic rings. The van der Waals surface area contributed by atoms with E-state index in [9.17, 15) is 13.6 Å². The second-order valence-corrected chi connectivity index (χ2v) is 14.2. The van der Waals surface area contributed by atoms with E-state index >= 15 is 0 Å². The highest BCUT2D eigenvalue weighted by Gasteiger charge is 2.60. The van der Waals surface area contributed by atoms with Crippen LogP contribution in [0.1, 0.15) is 39.3 Å². The summed E-state index contributed by atoms with van der Waals surface area (Å²) in [6, 6.07) is 0. The summed E-state index contributed by atoms with van der Waals surface area (Å²) in [5.41, 5.74) is -1.56. The Labute approximate surface area is 142 Å². The van der Waals surface area contributed by atoms with Crippen molar-refractivity contribution in [1.29, 1.82) is 0 Å². The lowest BCUT2D eigenvalue weighted by Gasteiger charge is -2.46. The van der Waals surface area contributed by atoms with Gasteiger partial charge < -0.3 is 10.1 Å². The molecule has 1 aliphatic carbocycles. The molecule has 1 N–H and O–H groups in total. The van der Waals surface area contributed by atoms with Gasteiger partial charge in [-0.25, -0.2) is 13.6 Å². The van der Waals surface area contributed by atoms with Crippen molar-refractivity contribution >= 4 is 14.2 Å². The average molecular weight is 360 g/mol. The number of carbonyl (C=O) groups excluding carboxylic acids is 1. The molecule has 9 heteroatoms. The van der Waals surface area contributed by atoms with Crippen LogP contribution in [0.25, 0.3) is 0 Å². The molecule has 0 aliphatic heterocycles. The zero-order valence-electron chi connectivity index (χ0n) is 15.1. The number of alkyl halides is 2. The largest absolute Gasteiger partial charge is 0.444 e. The summed E-state index contributed by atoms with van der Waals surface area (Å²) in [7, 11) is -1.43. The maximum absolute atomic E-state index is 13.5. The van der Waals surface area contributed by atoms with Crippen molar-refractivity contribution in [2.75, 3.05) is 0 Å². The van der Waals surface area contributed by atoms with Gasteiger partial charge in [0.2, 0.25) is 0 Å². The number of alkyl carbamates (subject to hydrolysis) is 1. The van der Waals surface area contributed by atoms with Gasteiger partial charge in [0.1, 0.15) is 16.8 Å². The summed E-state index contributed by atoms with van der Waals surface area (Å²) in [4.78, 5) is 12.1. The first-order chi connectivity index (χ1) is 10.7. The lowest BCUT2D eigenvalue weighted by molar-refractivity contribution is -0.137. The molecule has 6 nitrogen and oxygen atoms in total. The zero-order valence-corrected chi connectivity index (χ0v) is 16.1. The third kappa shape index (κ3) is 4.75. The predicted molar refractivity (Wildman–Crippen MR) is 88.6 cm³/mol. The van der Waals surface area contributed by atoms with Gasteiger partial charge in [0, 0.05) is 19.0 Å². The smallest absolute Gasteiger partial charge is 0.408 e. The van der Waals surface area contributed by atoms with Crippen molar-refractivity contribution in [3.8, 4) is 0 Å². The van der Waals surface area contributed by atoms with Crippen molar-refractivity contribution in [2.24, 2.45) is 0 Å². The molecule has 24 heavy (non-hydrogen) atoms. The van der Waals surface area contributed by atoms with Crippen molar-refractivity contribution in [3.63, 3.8) is 0 Å². The SMILES string of the molecule is CC(C)(C)OC(=O)NC1(c2cn(C[Si](C)(C)C)nn2)CC(F)(F)C1. The number of amides is 1.